The van der Waals surface area contributed by atoms with Crippen molar-refractivity contribution in [3.63, 3.8) is 0 Å². The Hall–Kier alpha value is -2.74. The summed E-state index contributed by atoms with van der Waals surface area (Å²) in [7, 11) is -3.60. The summed E-state index contributed by atoms with van der Waals surface area (Å²) in [6.07, 6.45) is 0. The van der Waals surface area contributed by atoms with Crippen LogP contribution in [0.3, 0.4) is 0 Å². The van der Waals surface area contributed by atoms with Crippen molar-refractivity contribution in [3.8, 4) is 0 Å². The van der Waals surface area contributed by atoms with Gasteiger partial charge < -0.3 is 4.90 Å². The summed E-state index contributed by atoms with van der Waals surface area (Å²) in [6, 6.07) is 20.7. The molecule has 1 aliphatic rings. The first-order valence-corrected chi connectivity index (χ1v) is 13.0. The number of piperazine rings is 1. The lowest BCUT2D eigenvalue weighted by Crippen LogP contribution is -2.50. The molecular weight excluding hydrogens is 434 g/mol. The summed E-state index contributed by atoms with van der Waals surface area (Å²) < 4.78 is 27.8. The first kappa shape index (κ1) is 23.4. The van der Waals surface area contributed by atoms with E-state index in [2.05, 4.69) is 18.7 Å². The van der Waals surface area contributed by atoms with Gasteiger partial charge in [0.05, 0.1) is 4.90 Å². The summed E-state index contributed by atoms with van der Waals surface area (Å²) in [6.45, 7) is 8.48. The lowest BCUT2D eigenvalue weighted by Gasteiger charge is -2.34. The molecule has 0 aromatic heterocycles. The Kier molecular flexibility index (Phi) is 7.12. The number of hydrogen-bond acceptors (Lipinski definition) is 4. The fourth-order valence-corrected chi connectivity index (χ4v) is 5.71. The van der Waals surface area contributed by atoms with Crippen molar-refractivity contribution in [2.45, 2.75) is 25.3 Å². The molecule has 174 valence electrons. The molecule has 1 heterocycles. The topological polar surface area (TPSA) is 60.9 Å². The quantitative estimate of drug-likeness (QED) is 0.532. The van der Waals surface area contributed by atoms with Crippen LogP contribution in [0.25, 0.3) is 10.8 Å². The standard InChI is InChI=1S/C26H31N3O3S/c1-3-27(4-2)20-21-9-11-23(12-10-21)26(30)28-15-17-29(18-16-28)33(31,32)25-14-13-22-7-5-6-8-24(22)19-25/h5-14,19H,3-4,15-18,20H2,1-2H3. The van der Waals surface area contributed by atoms with Gasteiger partial charge in [-0.05, 0) is 53.7 Å². The monoisotopic (exact) mass is 465 g/mol. The second kappa shape index (κ2) is 10.0. The highest BCUT2D eigenvalue weighted by atomic mass is 32.2. The number of carbonyl (C=O) groups excluding carboxylic acids is 1. The molecule has 0 bridgehead atoms. The Labute approximate surface area is 196 Å². The minimum Gasteiger partial charge on any atom is -0.336 e. The van der Waals surface area contributed by atoms with Crippen LogP contribution in [0.5, 0.6) is 0 Å². The first-order valence-electron chi connectivity index (χ1n) is 11.5. The van der Waals surface area contributed by atoms with E-state index in [4.69, 9.17) is 0 Å². The summed E-state index contributed by atoms with van der Waals surface area (Å²) in [5.41, 5.74) is 1.82. The lowest BCUT2D eigenvalue weighted by atomic mass is 10.1. The van der Waals surface area contributed by atoms with Gasteiger partial charge in [0.2, 0.25) is 10.0 Å². The lowest BCUT2D eigenvalue weighted by molar-refractivity contribution is 0.0698. The largest absolute Gasteiger partial charge is 0.336 e. The van der Waals surface area contributed by atoms with Gasteiger partial charge in [-0.2, -0.15) is 4.31 Å². The molecule has 0 N–H and O–H groups in total. The molecule has 7 heteroatoms. The van der Waals surface area contributed by atoms with Gasteiger partial charge in [0.25, 0.3) is 5.91 Å². The normalized spacial score (nSPS) is 15.3. The Bertz CT molecular complexity index is 1210. The van der Waals surface area contributed by atoms with Gasteiger partial charge in [0, 0.05) is 38.3 Å². The summed E-state index contributed by atoms with van der Waals surface area (Å²) >= 11 is 0. The van der Waals surface area contributed by atoms with Crippen LogP contribution in [0, 0.1) is 0 Å². The van der Waals surface area contributed by atoms with Gasteiger partial charge in [0.15, 0.2) is 0 Å². The van der Waals surface area contributed by atoms with Crippen molar-refractivity contribution in [2.75, 3.05) is 39.3 Å². The Balaban J connectivity index is 1.40. The molecule has 1 fully saturated rings. The van der Waals surface area contributed by atoms with Crippen LogP contribution in [0.1, 0.15) is 29.8 Å². The van der Waals surface area contributed by atoms with Gasteiger partial charge in [-0.3, -0.25) is 9.69 Å². The molecule has 0 saturated carbocycles. The first-order chi connectivity index (χ1) is 15.9. The van der Waals surface area contributed by atoms with Crippen LogP contribution in [-0.4, -0.2) is 67.7 Å². The van der Waals surface area contributed by atoms with Crippen LogP contribution in [-0.2, 0) is 16.6 Å². The van der Waals surface area contributed by atoms with Crippen LogP contribution in [0.15, 0.2) is 71.6 Å². The zero-order valence-electron chi connectivity index (χ0n) is 19.3. The number of carbonyl (C=O) groups is 1. The van der Waals surface area contributed by atoms with E-state index in [1.807, 2.05) is 54.6 Å². The number of sulfonamides is 1. The minimum atomic E-state index is -3.60. The highest BCUT2D eigenvalue weighted by molar-refractivity contribution is 7.89. The van der Waals surface area contributed by atoms with Crippen molar-refractivity contribution in [1.82, 2.24) is 14.1 Å². The van der Waals surface area contributed by atoms with E-state index in [-0.39, 0.29) is 5.91 Å². The van der Waals surface area contributed by atoms with Crippen molar-refractivity contribution in [3.05, 3.63) is 77.9 Å². The number of nitrogens with zero attached hydrogens (tertiary/aromatic N) is 3. The second-order valence-corrected chi connectivity index (χ2v) is 10.3. The molecule has 3 aromatic rings. The average molecular weight is 466 g/mol. The fraction of sp³-hybridized carbons (Fsp3) is 0.346. The Morgan fingerprint density at radius 3 is 2.12 bits per heavy atom. The average Bonchev–Trinajstić information content (AvgIpc) is 2.87. The SMILES string of the molecule is CCN(CC)Cc1ccc(C(=O)N2CCN(S(=O)(=O)c3ccc4ccccc4c3)CC2)cc1. The summed E-state index contributed by atoms with van der Waals surface area (Å²) in [5, 5.41) is 1.91. The molecule has 4 rings (SSSR count). The molecule has 3 aromatic carbocycles. The van der Waals surface area contributed by atoms with E-state index in [1.165, 1.54) is 9.87 Å². The van der Waals surface area contributed by atoms with Gasteiger partial charge in [0.1, 0.15) is 0 Å². The predicted octanol–water partition coefficient (Wildman–Crippen LogP) is 3.83. The third-order valence-electron chi connectivity index (χ3n) is 6.39. The molecule has 1 amide bonds. The van der Waals surface area contributed by atoms with Crippen molar-refractivity contribution in [2.24, 2.45) is 0 Å². The van der Waals surface area contributed by atoms with Gasteiger partial charge in [-0.15, -0.1) is 0 Å². The van der Waals surface area contributed by atoms with E-state index in [0.29, 0.717) is 36.6 Å². The van der Waals surface area contributed by atoms with Gasteiger partial charge in [-0.1, -0.05) is 56.3 Å². The molecule has 0 radical (unpaired) electrons. The van der Waals surface area contributed by atoms with E-state index in [1.54, 1.807) is 17.0 Å². The van der Waals surface area contributed by atoms with E-state index in [9.17, 15) is 13.2 Å². The van der Waals surface area contributed by atoms with Crippen LogP contribution in [0.2, 0.25) is 0 Å². The summed E-state index contributed by atoms with van der Waals surface area (Å²) in [5.74, 6) is -0.0489. The predicted molar refractivity (Wildman–Crippen MR) is 132 cm³/mol. The van der Waals surface area contributed by atoms with Crippen LogP contribution >= 0.6 is 0 Å². The minimum absolute atomic E-state index is 0.0489. The number of hydrogen-bond donors (Lipinski definition) is 0. The highest BCUT2D eigenvalue weighted by Crippen LogP contribution is 2.23. The van der Waals surface area contributed by atoms with Crippen molar-refractivity contribution < 1.29 is 13.2 Å². The maximum absolute atomic E-state index is 13.2. The number of benzene rings is 3. The van der Waals surface area contributed by atoms with Crippen molar-refractivity contribution in [1.29, 1.82) is 0 Å². The zero-order chi connectivity index (χ0) is 23.4. The van der Waals surface area contributed by atoms with E-state index >= 15 is 0 Å². The van der Waals surface area contributed by atoms with Crippen LogP contribution in [0.4, 0.5) is 0 Å². The van der Waals surface area contributed by atoms with Crippen LogP contribution < -0.4 is 0 Å². The number of rotatable bonds is 7. The third-order valence-corrected chi connectivity index (χ3v) is 8.28. The van der Waals surface area contributed by atoms with Crippen molar-refractivity contribution >= 4 is 26.7 Å². The molecule has 0 unspecified atom stereocenters. The molecular formula is C26H31N3O3S. The van der Waals surface area contributed by atoms with Gasteiger partial charge >= 0.3 is 0 Å². The Morgan fingerprint density at radius 1 is 0.848 bits per heavy atom. The second-order valence-electron chi connectivity index (χ2n) is 8.36. The smallest absolute Gasteiger partial charge is 0.253 e. The molecule has 1 aliphatic heterocycles. The summed E-state index contributed by atoms with van der Waals surface area (Å²) in [4.78, 5) is 17.3. The molecule has 1 saturated heterocycles. The molecule has 33 heavy (non-hydrogen) atoms. The molecule has 6 nitrogen and oxygen atoms in total. The van der Waals surface area contributed by atoms with Gasteiger partial charge in [-0.25, -0.2) is 8.42 Å². The maximum atomic E-state index is 13.2. The van der Waals surface area contributed by atoms with E-state index in [0.717, 1.165) is 30.4 Å². The number of amides is 1. The zero-order valence-corrected chi connectivity index (χ0v) is 20.1. The maximum Gasteiger partial charge on any atom is 0.253 e. The highest BCUT2D eigenvalue weighted by Gasteiger charge is 2.30. The molecule has 0 spiro atoms. The Morgan fingerprint density at radius 2 is 1.48 bits per heavy atom. The fourth-order valence-electron chi connectivity index (χ4n) is 4.25. The molecule has 0 atom stereocenters. The third kappa shape index (κ3) is 5.11. The molecule has 0 aliphatic carbocycles. The van der Waals surface area contributed by atoms with E-state index < -0.39 is 10.0 Å². The number of fused-ring (bicyclic) bond motifs is 1.